The number of aliphatic hydroxyl groups excluding tert-OH is 1. The second kappa shape index (κ2) is 7.28. The van der Waals surface area contributed by atoms with E-state index in [1.54, 1.807) is 0 Å². The molecule has 2 N–H and O–H groups in total. The van der Waals surface area contributed by atoms with Crippen LogP contribution in [0.3, 0.4) is 0 Å². The zero-order valence-corrected chi connectivity index (χ0v) is 12.4. The van der Waals surface area contributed by atoms with Gasteiger partial charge < -0.3 is 10.4 Å². The fourth-order valence-corrected chi connectivity index (χ4v) is 3.19. The van der Waals surface area contributed by atoms with Crippen LogP contribution in [0.15, 0.2) is 24.3 Å². The van der Waals surface area contributed by atoms with Crippen molar-refractivity contribution < 1.29 is 5.11 Å². The molecule has 106 valence electrons. The Labute approximate surface area is 121 Å². The summed E-state index contributed by atoms with van der Waals surface area (Å²) in [4.78, 5) is 0. The van der Waals surface area contributed by atoms with Crippen LogP contribution < -0.4 is 5.32 Å². The van der Waals surface area contributed by atoms with Crippen LogP contribution in [-0.4, -0.2) is 17.8 Å². The third-order valence-corrected chi connectivity index (χ3v) is 4.41. The van der Waals surface area contributed by atoms with Gasteiger partial charge in [0.2, 0.25) is 0 Å². The molecule has 0 radical (unpaired) electrons. The highest BCUT2D eigenvalue weighted by atomic mass is 35.5. The first-order valence-electron chi connectivity index (χ1n) is 7.37. The molecule has 0 aliphatic heterocycles. The van der Waals surface area contributed by atoms with E-state index >= 15 is 0 Å². The molecule has 1 saturated carbocycles. The first kappa shape index (κ1) is 14.8. The minimum atomic E-state index is 0.303. The molecule has 1 fully saturated rings. The molecule has 2 rings (SSSR count). The van der Waals surface area contributed by atoms with Crippen LogP contribution in [0.4, 0.5) is 0 Å². The third-order valence-electron chi connectivity index (χ3n) is 4.16. The second-order valence-electron chi connectivity index (χ2n) is 5.54. The Morgan fingerprint density at radius 3 is 2.68 bits per heavy atom. The Bertz CT molecular complexity index is 379. The van der Waals surface area contributed by atoms with E-state index in [9.17, 15) is 5.11 Å². The van der Waals surface area contributed by atoms with Crippen LogP contribution in [0.2, 0.25) is 5.02 Å². The number of nitrogens with one attached hydrogen (secondary N) is 1. The average molecular weight is 282 g/mol. The summed E-state index contributed by atoms with van der Waals surface area (Å²) in [6.07, 6.45) is 5.82. The van der Waals surface area contributed by atoms with E-state index in [1.165, 1.54) is 18.4 Å². The van der Waals surface area contributed by atoms with E-state index in [0.29, 0.717) is 24.6 Å². The summed E-state index contributed by atoms with van der Waals surface area (Å²) >= 11 is 5.96. The smallest absolute Gasteiger partial charge is 0.0474 e. The Morgan fingerprint density at radius 2 is 2.05 bits per heavy atom. The van der Waals surface area contributed by atoms with Gasteiger partial charge in [-0.2, -0.15) is 0 Å². The fourth-order valence-electron chi connectivity index (χ4n) is 3.06. The van der Waals surface area contributed by atoms with Gasteiger partial charge in [0.1, 0.15) is 0 Å². The summed E-state index contributed by atoms with van der Waals surface area (Å²) in [5.74, 6) is 0.423. The predicted molar refractivity (Wildman–Crippen MR) is 80.5 cm³/mol. The average Bonchev–Trinajstić information content (AvgIpc) is 2.86. The maximum atomic E-state index is 9.43. The van der Waals surface area contributed by atoms with Gasteiger partial charge in [0.25, 0.3) is 0 Å². The summed E-state index contributed by atoms with van der Waals surface area (Å²) in [7, 11) is 0. The van der Waals surface area contributed by atoms with E-state index < -0.39 is 0 Å². The first-order valence-corrected chi connectivity index (χ1v) is 7.74. The van der Waals surface area contributed by atoms with Crippen LogP contribution in [0.5, 0.6) is 0 Å². The highest BCUT2D eigenvalue weighted by Gasteiger charge is 2.28. The molecule has 1 aliphatic rings. The van der Waals surface area contributed by atoms with E-state index in [-0.39, 0.29) is 0 Å². The van der Waals surface area contributed by atoms with Crippen molar-refractivity contribution in [2.24, 2.45) is 5.92 Å². The molecule has 2 nitrogen and oxygen atoms in total. The lowest BCUT2D eigenvalue weighted by Crippen LogP contribution is -2.36. The SMILES string of the molecule is CCCC(NC1CCCC1CO)c1ccc(Cl)cc1. The summed E-state index contributed by atoms with van der Waals surface area (Å²) in [6.45, 7) is 2.51. The molecule has 0 heterocycles. The van der Waals surface area contributed by atoms with Gasteiger partial charge in [0.15, 0.2) is 0 Å². The van der Waals surface area contributed by atoms with Crippen LogP contribution in [0.1, 0.15) is 50.6 Å². The maximum absolute atomic E-state index is 9.43. The van der Waals surface area contributed by atoms with Crippen molar-refractivity contribution in [1.29, 1.82) is 0 Å². The van der Waals surface area contributed by atoms with Gasteiger partial charge in [-0.25, -0.2) is 0 Å². The van der Waals surface area contributed by atoms with Crippen molar-refractivity contribution in [3.63, 3.8) is 0 Å². The molecule has 1 aromatic carbocycles. The largest absolute Gasteiger partial charge is 0.396 e. The number of benzene rings is 1. The zero-order chi connectivity index (χ0) is 13.7. The molecule has 1 aromatic rings. The Balaban J connectivity index is 2.05. The van der Waals surface area contributed by atoms with Crippen molar-refractivity contribution in [2.75, 3.05) is 6.61 Å². The summed E-state index contributed by atoms with van der Waals surface area (Å²) in [6, 6.07) is 8.97. The Morgan fingerprint density at radius 1 is 1.32 bits per heavy atom. The maximum Gasteiger partial charge on any atom is 0.0474 e. The molecule has 0 spiro atoms. The second-order valence-corrected chi connectivity index (χ2v) is 5.98. The third kappa shape index (κ3) is 3.95. The van der Waals surface area contributed by atoms with Crippen LogP contribution in [0, 0.1) is 5.92 Å². The molecule has 19 heavy (non-hydrogen) atoms. The van der Waals surface area contributed by atoms with Gasteiger partial charge in [-0.3, -0.25) is 0 Å². The molecule has 0 aromatic heterocycles. The molecule has 0 bridgehead atoms. The lowest BCUT2D eigenvalue weighted by atomic mass is 9.98. The van der Waals surface area contributed by atoms with Crippen LogP contribution >= 0.6 is 11.6 Å². The van der Waals surface area contributed by atoms with Crippen LogP contribution in [0.25, 0.3) is 0 Å². The molecule has 3 unspecified atom stereocenters. The molecule has 3 atom stereocenters. The number of rotatable bonds is 6. The summed E-state index contributed by atoms with van der Waals surface area (Å²) in [5.41, 5.74) is 1.30. The molecule has 1 aliphatic carbocycles. The van der Waals surface area contributed by atoms with Gasteiger partial charge in [-0.1, -0.05) is 43.5 Å². The van der Waals surface area contributed by atoms with Gasteiger partial charge in [-0.05, 0) is 42.9 Å². The van der Waals surface area contributed by atoms with Gasteiger partial charge in [-0.15, -0.1) is 0 Å². The monoisotopic (exact) mass is 281 g/mol. The lowest BCUT2D eigenvalue weighted by Gasteiger charge is -2.26. The van der Waals surface area contributed by atoms with Gasteiger partial charge in [0.05, 0.1) is 0 Å². The Kier molecular flexibility index (Phi) is 5.68. The quantitative estimate of drug-likeness (QED) is 0.828. The number of hydrogen-bond acceptors (Lipinski definition) is 2. The van der Waals surface area contributed by atoms with Crippen molar-refractivity contribution in [3.05, 3.63) is 34.9 Å². The van der Waals surface area contributed by atoms with Crippen molar-refractivity contribution >= 4 is 11.6 Å². The predicted octanol–water partition coefficient (Wildman–Crippen LogP) is 3.93. The van der Waals surface area contributed by atoms with E-state index in [4.69, 9.17) is 11.6 Å². The molecule has 3 heteroatoms. The normalized spacial score (nSPS) is 24.6. The van der Waals surface area contributed by atoms with E-state index in [0.717, 1.165) is 24.3 Å². The topological polar surface area (TPSA) is 32.3 Å². The lowest BCUT2D eigenvalue weighted by molar-refractivity contribution is 0.198. The minimum Gasteiger partial charge on any atom is -0.396 e. The Hall–Kier alpha value is -0.570. The first-order chi connectivity index (χ1) is 9.24. The number of halogens is 1. The fraction of sp³-hybridized carbons (Fsp3) is 0.625. The molecule has 0 saturated heterocycles. The van der Waals surface area contributed by atoms with Crippen molar-refractivity contribution in [1.82, 2.24) is 5.32 Å². The highest BCUT2D eigenvalue weighted by Crippen LogP contribution is 2.29. The summed E-state index contributed by atoms with van der Waals surface area (Å²) < 4.78 is 0. The van der Waals surface area contributed by atoms with Gasteiger partial charge >= 0.3 is 0 Å². The van der Waals surface area contributed by atoms with Crippen LogP contribution in [-0.2, 0) is 0 Å². The van der Waals surface area contributed by atoms with E-state index in [1.807, 2.05) is 12.1 Å². The van der Waals surface area contributed by atoms with E-state index in [2.05, 4.69) is 24.4 Å². The number of hydrogen-bond donors (Lipinski definition) is 2. The minimum absolute atomic E-state index is 0.303. The molecule has 0 amide bonds. The standard InChI is InChI=1S/C16H24ClNO/c1-2-4-15(12-7-9-14(17)10-8-12)18-16-6-3-5-13(16)11-19/h7-10,13,15-16,18-19H,2-6,11H2,1H3. The molecular formula is C16H24ClNO. The van der Waals surface area contributed by atoms with Gasteiger partial charge in [0, 0.05) is 23.7 Å². The zero-order valence-electron chi connectivity index (χ0n) is 11.6. The highest BCUT2D eigenvalue weighted by molar-refractivity contribution is 6.30. The van der Waals surface area contributed by atoms with Crippen molar-refractivity contribution in [2.45, 2.75) is 51.1 Å². The molecular weight excluding hydrogens is 258 g/mol. The van der Waals surface area contributed by atoms with Crippen molar-refractivity contribution in [3.8, 4) is 0 Å². The summed E-state index contributed by atoms with van der Waals surface area (Å²) in [5, 5.41) is 14.0. The number of aliphatic hydroxyl groups is 1.